The quantitative estimate of drug-likeness (QED) is 0.734. The zero-order valence-electron chi connectivity index (χ0n) is 11.0. The monoisotopic (exact) mass is 215 g/mol. The SMILES string of the molecule is CCc1cc(C(C)C)c(C#N)c(C(C)C)c1. The van der Waals surface area contributed by atoms with Gasteiger partial charge in [-0.15, -0.1) is 0 Å². The molecule has 1 heteroatoms. The molecule has 16 heavy (non-hydrogen) atoms. The van der Waals surface area contributed by atoms with Crippen LogP contribution >= 0.6 is 0 Å². The molecule has 0 saturated carbocycles. The summed E-state index contributed by atoms with van der Waals surface area (Å²) in [6, 6.07) is 6.76. The second-order valence-corrected chi connectivity index (χ2v) is 4.92. The molecule has 0 N–H and O–H groups in total. The minimum atomic E-state index is 0.415. The molecule has 0 aliphatic heterocycles. The molecule has 1 rings (SSSR count). The lowest BCUT2D eigenvalue weighted by Gasteiger charge is -2.16. The molecular formula is C15H21N. The lowest BCUT2D eigenvalue weighted by atomic mass is 9.87. The van der Waals surface area contributed by atoms with E-state index in [2.05, 4.69) is 52.8 Å². The van der Waals surface area contributed by atoms with Crippen LogP contribution in [0.1, 0.15) is 68.7 Å². The van der Waals surface area contributed by atoms with Gasteiger partial charge >= 0.3 is 0 Å². The molecule has 0 aliphatic carbocycles. The zero-order valence-corrected chi connectivity index (χ0v) is 11.0. The summed E-state index contributed by atoms with van der Waals surface area (Å²) in [5.41, 5.74) is 4.63. The molecule has 0 saturated heterocycles. The fourth-order valence-electron chi connectivity index (χ4n) is 2.00. The number of hydrogen-bond acceptors (Lipinski definition) is 1. The van der Waals surface area contributed by atoms with Gasteiger partial charge in [0.15, 0.2) is 0 Å². The van der Waals surface area contributed by atoms with Crippen LogP contribution in [0.25, 0.3) is 0 Å². The van der Waals surface area contributed by atoms with Gasteiger partial charge in [0.25, 0.3) is 0 Å². The van der Waals surface area contributed by atoms with E-state index in [0.29, 0.717) is 11.8 Å². The van der Waals surface area contributed by atoms with E-state index in [-0.39, 0.29) is 0 Å². The Morgan fingerprint density at radius 2 is 1.50 bits per heavy atom. The minimum Gasteiger partial charge on any atom is -0.192 e. The Morgan fingerprint density at radius 3 is 1.75 bits per heavy atom. The lowest BCUT2D eigenvalue weighted by Crippen LogP contribution is -2.02. The molecule has 0 fully saturated rings. The van der Waals surface area contributed by atoms with Gasteiger partial charge in [-0.25, -0.2) is 0 Å². The van der Waals surface area contributed by atoms with Crippen LogP contribution < -0.4 is 0 Å². The molecule has 86 valence electrons. The molecular weight excluding hydrogens is 194 g/mol. The molecule has 0 unspecified atom stereocenters. The highest BCUT2D eigenvalue weighted by Gasteiger charge is 2.14. The van der Waals surface area contributed by atoms with Crippen LogP contribution in [0.4, 0.5) is 0 Å². The third-order valence-electron chi connectivity index (χ3n) is 3.02. The van der Waals surface area contributed by atoms with Gasteiger partial charge in [0.1, 0.15) is 0 Å². The summed E-state index contributed by atoms with van der Waals surface area (Å²) in [4.78, 5) is 0. The molecule has 0 amide bonds. The molecule has 1 aromatic carbocycles. The standard InChI is InChI=1S/C15H21N/c1-6-12-7-13(10(2)3)15(9-16)14(8-12)11(4)5/h7-8,10-11H,6H2,1-5H3. The average Bonchev–Trinajstić information content (AvgIpc) is 2.26. The van der Waals surface area contributed by atoms with Crippen LogP contribution in [-0.2, 0) is 6.42 Å². The maximum Gasteiger partial charge on any atom is 0.0997 e. The van der Waals surface area contributed by atoms with Crippen molar-refractivity contribution >= 4 is 0 Å². The van der Waals surface area contributed by atoms with E-state index in [0.717, 1.165) is 12.0 Å². The van der Waals surface area contributed by atoms with E-state index in [9.17, 15) is 5.26 Å². The van der Waals surface area contributed by atoms with Gasteiger partial charge in [-0.3, -0.25) is 0 Å². The Kier molecular flexibility index (Phi) is 4.12. The van der Waals surface area contributed by atoms with E-state index in [1.165, 1.54) is 16.7 Å². The fourth-order valence-corrected chi connectivity index (χ4v) is 2.00. The largest absolute Gasteiger partial charge is 0.192 e. The third kappa shape index (κ3) is 2.44. The molecule has 0 bridgehead atoms. The third-order valence-corrected chi connectivity index (χ3v) is 3.02. The Hall–Kier alpha value is -1.29. The van der Waals surface area contributed by atoms with Crippen molar-refractivity contribution in [2.24, 2.45) is 0 Å². The first kappa shape index (κ1) is 12.8. The van der Waals surface area contributed by atoms with Gasteiger partial charge in [0, 0.05) is 0 Å². The summed E-state index contributed by atoms with van der Waals surface area (Å²) in [7, 11) is 0. The van der Waals surface area contributed by atoms with Crippen molar-refractivity contribution in [1.82, 2.24) is 0 Å². The molecule has 0 aliphatic rings. The van der Waals surface area contributed by atoms with Crippen molar-refractivity contribution in [3.8, 4) is 6.07 Å². The number of aryl methyl sites for hydroxylation is 1. The smallest absolute Gasteiger partial charge is 0.0997 e. The average molecular weight is 215 g/mol. The summed E-state index contributed by atoms with van der Waals surface area (Å²) in [6.45, 7) is 10.8. The molecule has 0 heterocycles. The zero-order chi connectivity index (χ0) is 12.3. The molecule has 0 aromatic heterocycles. The second-order valence-electron chi connectivity index (χ2n) is 4.92. The van der Waals surface area contributed by atoms with Crippen molar-refractivity contribution < 1.29 is 0 Å². The van der Waals surface area contributed by atoms with Crippen molar-refractivity contribution in [2.75, 3.05) is 0 Å². The van der Waals surface area contributed by atoms with Crippen molar-refractivity contribution in [2.45, 2.75) is 52.9 Å². The van der Waals surface area contributed by atoms with E-state index >= 15 is 0 Å². The number of nitriles is 1. The number of rotatable bonds is 3. The molecule has 0 atom stereocenters. The Morgan fingerprint density at radius 1 is 1.06 bits per heavy atom. The van der Waals surface area contributed by atoms with Gasteiger partial charge in [0.05, 0.1) is 11.6 Å². The normalized spacial score (nSPS) is 10.9. The van der Waals surface area contributed by atoms with Gasteiger partial charge in [-0.1, -0.05) is 46.8 Å². The van der Waals surface area contributed by atoms with Crippen LogP contribution in [0.15, 0.2) is 12.1 Å². The first-order valence-corrected chi connectivity index (χ1v) is 6.08. The Labute approximate surface area is 99.1 Å². The van der Waals surface area contributed by atoms with Crippen molar-refractivity contribution in [3.05, 3.63) is 34.4 Å². The fraction of sp³-hybridized carbons (Fsp3) is 0.533. The number of benzene rings is 1. The van der Waals surface area contributed by atoms with Gasteiger partial charge < -0.3 is 0 Å². The summed E-state index contributed by atoms with van der Waals surface area (Å²) in [5.74, 6) is 0.831. The summed E-state index contributed by atoms with van der Waals surface area (Å²) in [5, 5.41) is 9.31. The van der Waals surface area contributed by atoms with Crippen molar-refractivity contribution in [1.29, 1.82) is 5.26 Å². The second kappa shape index (κ2) is 5.16. The lowest BCUT2D eigenvalue weighted by molar-refractivity contribution is 0.820. The van der Waals surface area contributed by atoms with Crippen LogP contribution in [0, 0.1) is 11.3 Å². The topological polar surface area (TPSA) is 23.8 Å². The predicted octanol–water partition coefficient (Wildman–Crippen LogP) is 4.37. The van der Waals surface area contributed by atoms with Crippen LogP contribution in [0.5, 0.6) is 0 Å². The van der Waals surface area contributed by atoms with Gasteiger partial charge in [0.2, 0.25) is 0 Å². The number of hydrogen-bond donors (Lipinski definition) is 0. The Balaban J connectivity index is 3.48. The molecule has 0 spiro atoms. The number of nitrogens with zero attached hydrogens (tertiary/aromatic N) is 1. The van der Waals surface area contributed by atoms with E-state index < -0.39 is 0 Å². The maximum absolute atomic E-state index is 9.31. The summed E-state index contributed by atoms with van der Waals surface area (Å²) in [6.07, 6.45) is 1.03. The van der Waals surface area contributed by atoms with Crippen LogP contribution in [0.3, 0.4) is 0 Å². The van der Waals surface area contributed by atoms with Crippen LogP contribution in [0.2, 0.25) is 0 Å². The van der Waals surface area contributed by atoms with Gasteiger partial charge in [-0.05, 0) is 34.9 Å². The summed E-state index contributed by atoms with van der Waals surface area (Å²) >= 11 is 0. The van der Waals surface area contributed by atoms with E-state index in [1.54, 1.807) is 0 Å². The first-order valence-electron chi connectivity index (χ1n) is 6.08. The van der Waals surface area contributed by atoms with Crippen LogP contribution in [-0.4, -0.2) is 0 Å². The maximum atomic E-state index is 9.31. The first-order chi connectivity index (χ1) is 7.51. The molecule has 0 radical (unpaired) electrons. The highest BCUT2D eigenvalue weighted by molar-refractivity contribution is 5.49. The summed E-state index contributed by atoms with van der Waals surface area (Å²) < 4.78 is 0. The van der Waals surface area contributed by atoms with E-state index in [4.69, 9.17) is 0 Å². The molecule has 1 aromatic rings. The van der Waals surface area contributed by atoms with Crippen molar-refractivity contribution in [3.63, 3.8) is 0 Å². The predicted molar refractivity (Wildman–Crippen MR) is 68.7 cm³/mol. The highest BCUT2D eigenvalue weighted by atomic mass is 14.3. The highest BCUT2D eigenvalue weighted by Crippen LogP contribution is 2.28. The van der Waals surface area contributed by atoms with Gasteiger partial charge in [-0.2, -0.15) is 5.26 Å². The van der Waals surface area contributed by atoms with E-state index in [1.807, 2.05) is 0 Å². The minimum absolute atomic E-state index is 0.415. The Bertz CT molecular complexity index is 379. The molecule has 1 nitrogen and oxygen atoms in total.